The van der Waals surface area contributed by atoms with E-state index in [1.54, 1.807) is 0 Å². The summed E-state index contributed by atoms with van der Waals surface area (Å²) in [4.78, 5) is 0. The van der Waals surface area contributed by atoms with Crippen molar-refractivity contribution in [3.8, 4) is 12.3 Å². The molecule has 0 spiro atoms. The summed E-state index contributed by atoms with van der Waals surface area (Å²) >= 11 is 0. The van der Waals surface area contributed by atoms with Crippen molar-refractivity contribution in [2.45, 2.75) is 18.6 Å². The lowest BCUT2D eigenvalue weighted by atomic mass is 10.1. The van der Waals surface area contributed by atoms with E-state index in [4.69, 9.17) is 6.42 Å². The highest BCUT2D eigenvalue weighted by molar-refractivity contribution is 5.36. The van der Waals surface area contributed by atoms with Crippen molar-refractivity contribution in [1.82, 2.24) is 5.32 Å². The summed E-state index contributed by atoms with van der Waals surface area (Å²) in [6, 6.07) is 7.93. The molecule has 1 aromatic carbocycles. The lowest BCUT2D eigenvalue weighted by Crippen LogP contribution is -2.40. The van der Waals surface area contributed by atoms with Gasteiger partial charge in [-0.3, -0.25) is 5.32 Å². The van der Waals surface area contributed by atoms with Gasteiger partial charge in [0.15, 0.2) is 0 Å². The fraction of sp³-hybridized carbons (Fsp3) is 0.333. The Morgan fingerprint density at radius 2 is 2.29 bits per heavy atom. The van der Waals surface area contributed by atoms with Crippen LogP contribution >= 0.6 is 0 Å². The summed E-state index contributed by atoms with van der Waals surface area (Å²) in [5.41, 5.74) is 1.26. The van der Waals surface area contributed by atoms with E-state index in [0.29, 0.717) is 13.0 Å². The zero-order chi connectivity index (χ0) is 10.0. The lowest BCUT2D eigenvalue weighted by Gasteiger charge is -2.24. The molecule has 0 bridgehead atoms. The smallest absolute Gasteiger partial charge is 0.143 e. The molecule has 2 heteroatoms. The van der Waals surface area contributed by atoms with Gasteiger partial charge in [0.2, 0.25) is 0 Å². The van der Waals surface area contributed by atoms with Gasteiger partial charge in [-0.2, -0.15) is 0 Å². The van der Waals surface area contributed by atoms with Gasteiger partial charge in [0, 0.05) is 5.56 Å². The highest BCUT2D eigenvalue weighted by Crippen LogP contribution is 2.34. The first kappa shape index (κ1) is 9.26. The van der Waals surface area contributed by atoms with Crippen molar-refractivity contribution >= 4 is 0 Å². The molecule has 1 aromatic rings. The van der Waals surface area contributed by atoms with Crippen molar-refractivity contribution in [1.29, 1.82) is 0 Å². The summed E-state index contributed by atoms with van der Waals surface area (Å²) in [5, 5.41) is 13.3. The quantitative estimate of drug-likeness (QED) is 0.535. The number of terminal acetylenes is 1. The molecule has 0 unspecified atom stereocenters. The molecule has 0 saturated carbocycles. The second-order valence-corrected chi connectivity index (χ2v) is 3.58. The lowest BCUT2D eigenvalue weighted by molar-refractivity contribution is 0.00644. The Morgan fingerprint density at radius 3 is 3.07 bits per heavy atom. The van der Waals surface area contributed by atoms with Gasteiger partial charge in [0.1, 0.15) is 5.72 Å². The Balaban J connectivity index is 2.29. The molecule has 0 aliphatic heterocycles. The molecule has 14 heavy (non-hydrogen) atoms. The largest absolute Gasteiger partial charge is 0.372 e. The van der Waals surface area contributed by atoms with E-state index in [1.807, 2.05) is 24.3 Å². The Bertz CT molecular complexity index is 380. The third-order valence-electron chi connectivity index (χ3n) is 2.70. The summed E-state index contributed by atoms with van der Waals surface area (Å²) < 4.78 is 0. The van der Waals surface area contributed by atoms with Crippen LogP contribution in [0.4, 0.5) is 0 Å². The number of hydrogen-bond donors (Lipinski definition) is 2. The van der Waals surface area contributed by atoms with Crippen LogP contribution in [0.1, 0.15) is 17.5 Å². The first-order chi connectivity index (χ1) is 6.76. The Morgan fingerprint density at radius 1 is 1.50 bits per heavy atom. The van der Waals surface area contributed by atoms with Crippen molar-refractivity contribution in [3.63, 3.8) is 0 Å². The van der Waals surface area contributed by atoms with Crippen molar-refractivity contribution in [2.24, 2.45) is 0 Å². The standard InChI is InChI=1S/C12H13NO/c1-2-9-13-12(14)8-7-10-5-3-4-6-11(10)12/h1,3-6,13-14H,7-9H2/t12-/m0/s1. The summed E-state index contributed by atoms with van der Waals surface area (Å²) in [6.07, 6.45) is 6.77. The second-order valence-electron chi connectivity index (χ2n) is 3.58. The third-order valence-corrected chi connectivity index (χ3v) is 2.70. The van der Waals surface area contributed by atoms with Crippen molar-refractivity contribution < 1.29 is 5.11 Å². The maximum Gasteiger partial charge on any atom is 0.143 e. The average Bonchev–Trinajstić information content (AvgIpc) is 2.55. The van der Waals surface area contributed by atoms with E-state index in [0.717, 1.165) is 12.0 Å². The molecule has 2 nitrogen and oxygen atoms in total. The molecule has 0 fully saturated rings. The Labute approximate surface area is 84.0 Å². The summed E-state index contributed by atoms with van der Waals surface area (Å²) in [6.45, 7) is 0.394. The van der Waals surface area contributed by atoms with Crippen LogP contribution in [0.25, 0.3) is 0 Å². The minimum Gasteiger partial charge on any atom is -0.372 e. The molecule has 0 aromatic heterocycles. The van der Waals surface area contributed by atoms with Crippen LogP contribution in [0.5, 0.6) is 0 Å². The molecular weight excluding hydrogens is 174 g/mol. The highest BCUT2D eigenvalue weighted by Gasteiger charge is 2.35. The van der Waals surface area contributed by atoms with Crippen LogP contribution in [0.3, 0.4) is 0 Å². The van der Waals surface area contributed by atoms with Crippen molar-refractivity contribution in [2.75, 3.05) is 6.54 Å². The van der Waals surface area contributed by atoms with Crippen LogP contribution in [0.2, 0.25) is 0 Å². The average molecular weight is 187 g/mol. The summed E-state index contributed by atoms with van der Waals surface area (Å²) in [7, 11) is 0. The fourth-order valence-corrected chi connectivity index (χ4v) is 1.97. The van der Waals surface area contributed by atoms with E-state index < -0.39 is 5.72 Å². The highest BCUT2D eigenvalue weighted by atomic mass is 16.3. The first-order valence-corrected chi connectivity index (χ1v) is 4.75. The van der Waals surface area contributed by atoms with Gasteiger partial charge in [-0.15, -0.1) is 6.42 Å². The van der Waals surface area contributed by atoms with Crippen LogP contribution in [0.15, 0.2) is 24.3 Å². The van der Waals surface area contributed by atoms with Gasteiger partial charge in [0.25, 0.3) is 0 Å². The predicted octanol–water partition coefficient (Wildman–Crippen LogP) is 1.00. The molecular formula is C12H13NO. The molecule has 2 N–H and O–H groups in total. The zero-order valence-corrected chi connectivity index (χ0v) is 7.96. The van der Waals surface area contributed by atoms with Gasteiger partial charge < -0.3 is 5.11 Å². The van der Waals surface area contributed by atoms with E-state index in [1.165, 1.54) is 5.56 Å². The SMILES string of the molecule is C#CCN[C@]1(O)CCc2ccccc21. The predicted molar refractivity (Wildman–Crippen MR) is 55.5 cm³/mol. The van der Waals surface area contributed by atoms with Gasteiger partial charge in [-0.1, -0.05) is 30.2 Å². The first-order valence-electron chi connectivity index (χ1n) is 4.75. The molecule has 1 aliphatic carbocycles. The van der Waals surface area contributed by atoms with Crippen LogP contribution < -0.4 is 5.32 Å². The number of nitrogens with one attached hydrogen (secondary N) is 1. The van der Waals surface area contributed by atoms with Gasteiger partial charge >= 0.3 is 0 Å². The van der Waals surface area contributed by atoms with E-state index in [9.17, 15) is 5.11 Å². The molecule has 0 heterocycles. The molecule has 1 atom stereocenters. The van der Waals surface area contributed by atoms with Gasteiger partial charge in [-0.05, 0) is 18.4 Å². The molecule has 2 rings (SSSR count). The zero-order valence-electron chi connectivity index (χ0n) is 7.96. The van der Waals surface area contributed by atoms with E-state index in [-0.39, 0.29) is 0 Å². The fourth-order valence-electron chi connectivity index (χ4n) is 1.97. The molecule has 0 radical (unpaired) electrons. The summed E-state index contributed by atoms with van der Waals surface area (Å²) in [5.74, 6) is 2.48. The molecule has 0 amide bonds. The van der Waals surface area contributed by atoms with Crippen LogP contribution in [-0.4, -0.2) is 11.7 Å². The number of aliphatic hydroxyl groups is 1. The maximum absolute atomic E-state index is 10.3. The number of aryl methyl sites for hydroxylation is 1. The number of benzene rings is 1. The third kappa shape index (κ3) is 1.41. The minimum atomic E-state index is -0.914. The normalized spacial score (nSPS) is 24.3. The number of fused-ring (bicyclic) bond motifs is 1. The van der Waals surface area contributed by atoms with E-state index in [2.05, 4.69) is 11.2 Å². The molecule has 1 aliphatic rings. The monoisotopic (exact) mass is 187 g/mol. The van der Waals surface area contributed by atoms with Crippen LogP contribution in [0, 0.1) is 12.3 Å². The Hall–Kier alpha value is -1.30. The number of rotatable bonds is 2. The second kappa shape index (κ2) is 3.45. The molecule has 72 valence electrons. The van der Waals surface area contributed by atoms with E-state index >= 15 is 0 Å². The Kier molecular flexibility index (Phi) is 2.28. The maximum atomic E-state index is 10.3. The van der Waals surface area contributed by atoms with Gasteiger partial charge in [0.05, 0.1) is 6.54 Å². The van der Waals surface area contributed by atoms with Crippen molar-refractivity contribution in [3.05, 3.63) is 35.4 Å². The van der Waals surface area contributed by atoms with Gasteiger partial charge in [-0.25, -0.2) is 0 Å². The topological polar surface area (TPSA) is 32.3 Å². The minimum absolute atomic E-state index is 0.394. The molecule has 0 saturated heterocycles. The number of hydrogen-bond acceptors (Lipinski definition) is 2. The van der Waals surface area contributed by atoms with Crippen LogP contribution in [-0.2, 0) is 12.1 Å².